The molecular weight excluding hydrogens is 462 g/mol. The first kappa shape index (κ1) is 22.4. The Balaban J connectivity index is 1.58. The Morgan fingerprint density at radius 2 is 1.57 bits per heavy atom. The number of aromatic carboxylic acids is 1. The van der Waals surface area contributed by atoms with E-state index in [0.717, 1.165) is 11.4 Å². The van der Waals surface area contributed by atoms with Crippen LogP contribution in [0.4, 0.5) is 17.1 Å². The van der Waals surface area contributed by atoms with Gasteiger partial charge in [-0.1, -0.05) is 30.3 Å². The highest BCUT2D eigenvalue weighted by atomic mass is 32.1. The van der Waals surface area contributed by atoms with E-state index < -0.39 is 5.97 Å². The number of hydrogen-bond donors (Lipinski definition) is 1. The molecular formula is C27H21N3O4S. The summed E-state index contributed by atoms with van der Waals surface area (Å²) in [6.45, 7) is 2.71. The number of hydrogen-bond acceptors (Lipinski definition) is 5. The lowest BCUT2D eigenvalue weighted by atomic mass is 10.2. The van der Waals surface area contributed by atoms with Crippen molar-refractivity contribution in [1.82, 2.24) is 0 Å². The van der Waals surface area contributed by atoms with Crippen LogP contribution < -0.4 is 19.4 Å². The number of benzene rings is 3. The third kappa shape index (κ3) is 3.94. The van der Waals surface area contributed by atoms with Gasteiger partial charge in [-0.05, 0) is 73.7 Å². The molecule has 5 rings (SSSR count). The molecule has 0 atom stereocenters. The van der Waals surface area contributed by atoms with Crippen LogP contribution in [0.25, 0.3) is 0 Å². The fraction of sp³-hybridized carbons (Fsp3) is 0.0741. The molecule has 2 heterocycles. The molecule has 1 N–H and O–H groups in total. The van der Waals surface area contributed by atoms with E-state index in [1.165, 1.54) is 17.0 Å². The van der Waals surface area contributed by atoms with Gasteiger partial charge < -0.3 is 14.7 Å². The Labute approximate surface area is 207 Å². The molecule has 0 bridgehead atoms. The smallest absolute Gasteiger partial charge is 0.335 e. The maximum atomic E-state index is 13.6. The number of para-hydroxylation sites is 3. The van der Waals surface area contributed by atoms with Crippen molar-refractivity contribution >= 4 is 46.3 Å². The van der Waals surface area contributed by atoms with E-state index in [1.54, 1.807) is 29.2 Å². The summed E-state index contributed by atoms with van der Waals surface area (Å²) in [6, 6.07) is 23.2. The highest BCUT2D eigenvalue weighted by molar-refractivity contribution is 7.81. The molecule has 1 saturated heterocycles. The molecule has 1 fully saturated rings. The molecule has 174 valence electrons. The summed E-state index contributed by atoms with van der Waals surface area (Å²) in [7, 11) is 0. The minimum Gasteiger partial charge on any atom is -0.478 e. The van der Waals surface area contributed by atoms with Crippen LogP contribution in [0, 0.1) is 0 Å². The lowest BCUT2D eigenvalue weighted by Gasteiger charge is -2.20. The standard InChI is InChI=1S/C27H21N3O4S/c1-2-28-21-10-6-7-11-23(21)34-24(28)17-16-22-25(31)30(19-8-4-3-5-9-19)27(35)29(22)20-14-12-18(13-15-20)26(32)33/h3-17H,2H2,1H3,(H,32,33). The van der Waals surface area contributed by atoms with Gasteiger partial charge in [0.2, 0.25) is 5.88 Å². The van der Waals surface area contributed by atoms with Crippen LogP contribution in [-0.4, -0.2) is 28.6 Å². The SMILES string of the molecule is CCN1C(=CC=C2C(=O)N(c3ccccc3)C(=S)N2c2ccc(C(=O)O)cc2)Oc2ccccc21. The molecule has 0 radical (unpaired) electrons. The number of carbonyl (C=O) groups excluding carboxylic acids is 1. The molecule has 1 amide bonds. The molecule has 2 aliphatic rings. The third-order valence-electron chi connectivity index (χ3n) is 5.77. The van der Waals surface area contributed by atoms with Gasteiger partial charge in [-0.15, -0.1) is 0 Å². The number of anilines is 3. The first-order chi connectivity index (χ1) is 17.0. The third-order valence-corrected chi connectivity index (χ3v) is 6.13. The predicted molar refractivity (Wildman–Crippen MR) is 139 cm³/mol. The van der Waals surface area contributed by atoms with Crippen LogP contribution in [0.3, 0.4) is 0 Å². The second-order valence-electron chi connectivity index (χ2n) is 7.82. The lowest BCUT2D eigenvalue weighted by Crippen LogP contribution is -2.32. The van der Waals surface area contributed by atoms with Gasteiger partial charge in [-0.3, -0.25) is 14.6 Å². The van der Waals surface area contributed by atoms with Crippen LogP contribution in [0.1, 0.15) is 17.3 Å². The summed E-state index contributed by atoms with van der Waals surface area (Å²) in [5.74, 6) is 0.0260. The van der Waals surface area contributed by atoms with Crippen LogP contribution in [0.15, 0.2) is 103 Å². The van der Waals surface area contributed by atoms with Crippen LogP contribution in [0.2, 0.25) is 0 Å². The van der Waals surface area contributed by atoms with Crippen molar-refractivity contribution in [2.75, 3.05) is 21.2 Å². The molecule has 0 unspecified atom stereocenters. The van der Waals surface area contributed by atoms with Gasteiger partial charge in [-0.25, -0.2) is 4.79 Å². The van der Waals surface area contributed by atoms with Gasteiger partial charge in [-0.2, -0.15) is 0 Å². The number of nitrogens with zero attached hydrogens (tertiary/aromatic N) is 3. The molecule has 3 aromatic rings. The molecule has 0 aromatic heterocycles. The number of carboxylic acids is 1. The van der Waals surface area contributed by atoms with E-state index in [1.807, 2.05) is 66.4 Å². The lowest BCUT2D eigenvalue weighted by molar-refractivity contribution is -0.113. The largest absolute Gasteiger partial charge is 0.478 e. The van der Waals surface area contributed by atoms with E-state index in [4.69, 9.17) is 17.0 Å². The quantitative estimate of drug-likeness (QED) is 0.397. The Hall–Kier alpha value is -4.43. The average molecular weight is 484 g/mol. The van der Waals surface area contributed by atoms with Crippen molar-refractivity contribution < 1.29 is 19.4 Å². The van der Waals surface area contributed by atoms with Crippen molar-refractivity contribution in [3.63, 3.8) is 0 Å². The zero-order valence-electron chi connectivity index (χ0n) is 18.8. The summed E-state index contributed by atoms with van der Waals surface area (Å²) < 4.78 is 6.03. The van der Waals surface area contributed by atoms with Crippen LogP contribution in [-0.2, 0) is 4.79 Å². The highest BCUT2D eigenvalue weighted by Gasteiger charge is 2.40. The zero-order chi connectivity index (χ0) is 24.5. The molecule has 0 aliphatic carbocycles. The summed E-state index contributed by atoms with van der Waals surface area (Å²) in [6.07, 6.45) is 3.44. The number of allylic oxidation sites excluding steroid dienone is 2. The maximum absolute atomic E-state index is 13.6. The Kier molecular flexibility index (Phi) is 5.80. The first-order valence-corrected chi connectivity index (χ1v) is 11.4. The van der Waals surface area contributed by atoms with E-state index in [-0.39, 0.29) is 16.6 Å². The number of thiocarbonyl (C=S) groups is 1. The van der Waals surface area contributed by atoms with Crippen molar-refractivity contribution in [2.45, 2.75) is 6.92 Å². The predicted octanol–water partition coefficient (Wildman–Crippen LogP) is 5.17. The Morgan fingerprint density at radius 1 is 0.914 bits per heavy atom. The number of carboxylic acid groups (broad SMARTS) is 1. The summed E-state index contributed by atoms with van der Waals surface area (Å²) in [5.41, 5.74) is 2.66. The molecule has 7 nitrogen and oxygen atoms in total. The Morgan fingerprint density at radius 3 is 2.26 bits per heavy atom. The topological polar surface area (TPSA) is 73.3 Å². The zero-order valence-corrected chi connectivity index (χ0v) is 19.6. The monoisotopic (exact) mass is 483 g/mol. The normalized spacial score (nSPS) is 17.3. The van der Waals surface area contributed by atoms with Gasteiger partial charge in [0.05, 0.1) is 16.9 Å². The molecule has 35 heavy (non-hydrogen) atoms. The number of fused-ring (bicyclic) bond motifs is 1. The average Bonchev–Trinajstić information content (AvgIpc) is 3.36. The first-order valence-electron chi connectivity index (χ1n) is 11.0. The van der Waals surface area contributed by atoms with E-state index in [9.17, 15) is 14.7 Å². The van der Waals surface area contributed by atoms with Crippen LogP contribution in [0.5, 0.6) is 5.75 Å². The fourth-order valence-electron chi connectivity index (χ4n) is 4.11. The van der Waals surface area contributed by atoms with Crippen molar-refractivity contribution in [3.8, 4) is 5.75 Å². The molecule has 8 heteroatoms. The van der Waals surface area contributed by atoms with Crippen molar-refractivity contribution in [3.05, 3.63) is 108 Å². The van der Waals surface area contributed by atoms with Crippen molar-refractivity contribution in [2.24, 2.45) is 0 Å². The van der Waals surface area contributed by atoms with Gasteiger partial charge in [0.15, 0.2) is 10.9 Å². The minimum absolute atomic E-state index is 0.147. The van der Waals surface area contributed by atoms with E-state index in [0.29, 0.717) is 29.5 Å². The summed E-state index contributed by atoms with van der Waals surface area (Å²) in [4.78, 5) is 30.0. The maximum Gasteiger partial charge on any atom is 0.335 e. The second kappa shape index (κ2) is 9.08. The van der Waals surface area contributed by atoms with Gasteiger partial charge in [0, 0.05) is 18.3 Å². The highest BCUT2D eigenvalue weighted by Crippen LogP contribution is 2.39. The van der Waals surface area contributed by atoms with Gasteiger partial charge in [0.1, 0.15) is 5.70 Å². The van der Waals surface area contributed by atoms with E-state index in [2.05, 4.69) is 0 Å². The number of carbonyl (C=O) groups is 2. The molecule has 0 saturated carbocycles. The van der Waals surface area contributed by atoms with Gasteiger partial charge >= 0.3 is 5.97 Å². The van der Waals surface area contributed by atoms with Crippen LogP contribution >= 0.6 is 12.2 Å². The fourth-order valence-corrected chi connectivity index (χ4v) is 4.50. The second-order valence-corrected chi connectivity index (χ2v) is 8.18. The molecule has 3 aromatic carbocycles. The number of rotatable bonds is 5. The Bertz CT molecular complexity index is 1380. The van der Waals surface area contributed by atoms with Crippen molar-refractivity contribution in [1.29, 1.82) is 0 Å². The number of ether oxygens (including phenoxy) is 1. The van der Waals surface area contributed by atoms with Gasteiger partial charge in [0.25, 0.3) is 5.91 Å². The molecule has 2 aliphatic heterocycles. The minimum atomic E-state index is -1.03. The van der Waals surface area contributed by atoms with E-state index >= 15 is 0 Å². The molecule has 0 spiro atoms. The summed E-state index contributed by atoms with van der Waals surface area (Å²) >= 11 is 5.73. The summed E-state index contributed by atoms with van der Waals surface area (Å²) in [5, 5.41) is 9.54. The number of amides is 1.